The molecule has 0 saturated carbocycles. The molecule has 0 aliphatic carbocycles. The van der Waals surface area contributed by atoms with Gasteiger partial charge in [0.2, 0.25) is 0 Å². The molecule has 7 nitrogen and oxygen atoms in total. The Morgan fingerprint density at radius 1 is 1.24 bits per heavy atom. The van der Waals surface area contributed by atoms with Gasteiger partial charge in [0.15, 0.2) is 5.69 Å². The van der Waals surface area contributed by atoms with Gasteiger partial charge in [-0.05, 0) is 19.8 Å². The number of amides is 1. The Morgan fingerprint density at radius 2 is 1.88 bits per heavy atom. The lowest BCUT2D eigenvalue weighted by molar-refractivity contribution is -0.0283. The van der Waals surface area contributed by atoms with E-state index in [-0.39, 0.29) is 11.3 Å². The Kier molecular flexibility index (Phi) is 5.99. The third-order valence-corrected chi connectivity index (χ3v) is 5.77. The van der Waals surface area contributed by atoms with E-state index < -0.39 is 0 Å². The minimum absolute atomic E-state index is 0.0293. The third-order valence-electron chi connectivity index (χ3n) is 5.32. The number of aromatic nitrogens is 2. The van der Waals surface area contributed by atoms with Gasteiger partial charge < -0.3 is 14.8 Å². The average molecular weight is 371 g/mol. The van der Waals surface area contributed by atoms with Crippen LogP contribution < -0.4 is 5.32 Å². The topological polar surface area (TPSA) is 68.6 Å². The Labute approximate surface area is 153 Å². The first-order chi connectivity index (χ1) is 12.0. The van der Waals surface area contributed by atoms with Crippen LogP contribution in [0.4, 0.5) is 0 Å². The lowest BCUT2D eigenvalue weighted by Gasteiger charge is -2.42. The van der Waals surface area contributed by atoms with E-state index in [1.165, 1.54) is 0 Å². The van der Waals surface area contributed by atoms with Gasteiger partial charge in [0.05, 0.1) is 23.9 Å². The number of nitrogens with zero attached hydrogens (tertiary/aromatic N) is 3. The van der Waals surface area contributed by atoms with Crippen molar-refractivity contribution in [3.63, 3.8) is 0 Å². The molecule has 2 fully saturated rings. The molecule has 3 rings (SSSR count). The largest absolute Gasteiger partial charge is 0.381 e. The molecular weight excluding hydrogens is 344 g/mol. The van der Waals surface area contributed by atoms with E-state index >= 15 is 0 Å². The number of halogens is 1. The van der Waals surface area contributed by atoms with Gasteiger partial charge in [0.25, 0.3) is 5.91 Å². The number of morpholine rings is 1. The van der Waals surface area contributed by atoms with E-state index in [0.29, 0.717) is 17.3 Å². The second-order valence-electron chi connectivity index (χ2n) is 7.06. The number of hydrogen-bond acceptors (Lipinski definition) is 5. The lowest BCUT2D eigenvalue weighted by Crippen LogP contribution is -2.50. The molecule has 140 valence electrons. The predicted octanol–water partition coefficient (Wildman–Crippen LogP) is 1.24. The molecule has 0 radical (unpaired) electrons. The molecule has 1 N–H and O–H groups in total. The van der Waals surface area contributed by atoms with Gasteiger partial charge in [-0.15, -0.1) is 0 Å². The van der Waals surface area contributed by atoms with Crippen molar-refractivity contribution in [2.45, 2.75) is 19.8 Å². The monoisotopic (exact) mass is 370 g/mol. The Balaban J connectivity index is 1.65. The van der Waals surface area contributed by atoms with E-state index in [2.05, 4.69) is 15.3 Å². The van der Waals surface area contributed by atoms with Crippen molar-refractivity contribution >= 4 is 17.5 Å². The molecule has 1 aromatic rings. The molecule has 2 saturated heterocycles. The SMILES string of the molecule is Cc1c(Cl)c(C(=O)NCC2(CN3CCOCC3)CCOCC2)nn1C. The smallest absolute Gasteiger partial charge is 0.273 e. The summed E-state index contributed by atoms with van der Waals surface area (Å²) >= 11 is 6.23. The molecule has 0 bridgehead atoms. The van der Waals surface area contributed by atoms with Crippen LogP contribution in [0.25, 0.3) is 0 Å². The zero-order valence-corrected chi connectivity index (χ0v) is 15.8. The zero-order chi connectivity index (χ0) is 17.9. The lowest BCUT2D eigenvalue weighted by atomic mass is 9.79. The molecule has 0 unspecified atom stereocenters. The summed E-state index contributed by atoms with van der Waals surface area (Å²) in [5.74, 6) is -0.207. The maximum absolute atomic E-state index is 12.6. The maximum atomic E-state index is 12.6. The van der Waals surface area contributed by atoms with Gasteiger partial charge in [0.1, 0.15) is 0 Å². The number of nitrogens with one attached hydrogen (secondary N) is 1. The molecule has 0 aromatic carbocycles. The number of hydrogen-bond donors (Lipinski definition) is 1. The molecule has 0 spiro atoms. The fourth-order valence-corrected chi connectivity index (χ4v) is 3.75. The summed E-state index contributed by atoms with van der Waals surface area (Å²) in [5.41, 5.74) is 1.12. The maximum Gasteiger partial charge on any atom is 0.273 e. The highest BCUT2D eigenvalue weighted by Crippen LogP contribution is 2.31. The van der Waals surface area contributed by atoms with Crippen LogP contribution in [0.3, 0.4) is 0 Å². The normalized spacial score (nSPS) is 21.2. The first-order valence-electron chi connectivity index (χ1n) is 8.86. The number of ether oxygens (including phenoxy) is 2. The fourth-order valence-electron chi connectivity index (χ4n) is 3.51. The van der Waals surface area contributed by atoms with Crippen LogP contribution in [0.1, 0.15) is 29.0 Å². The van der Waals surface area contributed by atoms with Crippen LogP contribution in [0.5, 0.6) is 0 Å². The van der Waals surface area contributed by atoms with Crippen LogP contribution in [-0.4, -0.2) is 73.2 Å². The summed E-state index contributed by atoms with van der Waals surface area (Å²) in [5, 5.41) is 7.73. The summed E-state index contributed by atoms with van der Waals surface area (Å²) < 4.78 is 12.6. The summed E-state index contributed by atoms with van der Waals surface area (Å²) in [6.07, 6.45) is 1.89. The molecule has 2 aliphatic rings. The molecular formula is C17H27ClN4O3. The van der Waals surface area contributed by atoms with Crippen LogP contribution in [0.2, 0.25) is 5.02 Å². The van der Waals surface area contributed by atoms with Crippen LogP contribution in [-0.2, 0) is 16.5 Å². The summed E-state index contributed by atoms with van der Waals surface area (Å²) in [7, 11) is 1.79. The van der Waals surface area contributed by atoms with Gasteiger partial charge in [-0.2, -0.15) is 5.10 Å². The van der Waals surface area contributed by atoms with E-state index in [4.69, 9.17) is 21.1 Å². The first-order valence-corrected chi connectivity index (χ1v) is 9.24. The molecule has 25 heavy (non-hydrogen) atoms. The highest BCUT2D eigenvalue weighted by molar-refractivity contribution is 6.34. The molecule has 3 heterocycles. The van der Waals surface area contributed by atoms with Gasteiger partial charge in [-0.3, -0.25) is 14.4 Å². The third kappa shape index (κ3) is 4.34. The summed E-state index contributed by atoms with van der Waals surface area (Å²) in [6.45, 7) is 8.35. The van der Waals surface area contributed by atoms with Gasteiger partial charge in [0, 0.05) is 51.9 Å². The minimum Gasteiger partial charge on any atom is -0.381 e. The van der Waals surface area contributed by atoms with Crippen molar-refractivity contribution in [1.29, 1.82) is 0 Å². The highest BCUT2D eigenvalue weighted by atomic mass is 35.5. The van der Waals surface area contributed by atoms with Gasteiger partial charge in [-0.25, -0.2) is 0 Å². The highest BCUT2D eigenvalue weighted by Gasteiger charge is 2.35. The van der Waals surface area contributed by atoms with Crippen molar-refractivity contribution in [2.75, 3.05) is 52.6 Å². The van der Waals surface area contributed by atoms with Crippen molar-refractivity contribution in [2.24, 2.45) is 12.5 Å². The van der Waals surface area contributed by atoms with E-state index in [0.717, 1.165) is 64.6 Å². The number of aryl methyl sites for hydroxylation is 1. The second kappa shape index (κ2) is 8.03. The van der Waals surface area contributed by atoms with Crippen molar-refractivity contribution in [3.05, 3.63) is 16.4 Å². The van der Waals surface area contributed by atoms with Crippen LogP contribution in [0.15, 0.2) is 0 Å². The van der Waals surface area contributed by atoms with Crippen molar-refractivity contribution in [1.82, 2.24) is 20.0 Å². The molecule has 2 aliphatic heterocycles. The second-order valence-corrected chi connectivity index (χ2v) is 7.43. The molecule has 0 atom stereocenters. The molecule has 8 heteroatoms. The van der Waals surface area contributed by atoms with E-state index in [1.807, 2.05) is 6.92 Å². The van der Waals surface area contributed by atoms with Crippen LogP contribution >= 0.6 is 11.6 Å². The molecule has 1 aromatic heterocycles. The van der Waals surface area contributed by atoms with Crippen molar-refractivity contribution in [3.8, 4) is 0 Å². The Hall–Kier alpha value is -1.15. The average Bonchev–Trinajstić information content (AvgIpc) is 2.89. The van der Waals surface area contributed by atoms with E-state index in [1.54, 1.807) is 11.7 Å². The summed E-state index contributed by atoms with van der Waals surface area (Å²) in [6, 6.07) is 0. The fraction of sp³-hybridized carbons (Fsp3) is 0.765. The van der Waals surface area contributed by atoms with Gasteiger partial charge >= 0.3 is 0 Å². The van der Waals surface area contributed by atoms with E-state index in [9.17, 15) is 4.79 Å². The minimum atomic E-state index is -0.207. The Morgan fingerprint density at radius 3 is 2.48 bits per heavy atom. The Bertz CT molecular complexity index is 607. The predicted molar refractivity (Wildman–Crippen MR) is 95.0 cm³/mol. The first kappa shape index (κ1) is 18.6. The number of carbonyl (C=O) groups excluding carboxylic acids is 1. The van der Waals surface area contributed by atoms with Crippen LogP contribution in [0, 0.1) is 12.3 Å². The van der Waals surface area contributed by atoms with Gasteiger partial charge in [-0.1, -0.05) is 11.6 Å². The standard InChI is InChI=1S/C17H27ClN4O3/c1-13-14(18)15(20-21(13)2)16(23)19-11-17(3-7-24-8-4-17)12-22-5-9-25-10-6-22/h3-12H2,1-2H3,(H,19,23). The quantitative estimate of drug-likeness (QED) is 0.844. The zero-order valence-electron chi connectivity index (χ0n) is 15.0. The molecule has 1 amide bonds. The van der Waals surface area contributed by atoms with Crippen molar-refractivity contribution < 1.29 is 14.3 Å². The number of rotatable bonds is 5. The summed E-state index contributed by atoms with van der Waals surface area (Å²) in [4.78, 5) is 15.0. The number of carbonyl (C=O) groups is 1.